The van der Waals surface area contributed by atoms with E-state index < -0.39 is 21.5 Å². The Morgan fingerprint density at radius 2 is 1.94 bits per heavy atom. The van der Waals surface area contributed by atoms with Crippen molar-refractivity contribution in [3.8, 4) is 0 Å². The second-order valence-corrected chi connectivity index (χ2v) is 7.05. The number of sulfone groups is 1. The van der Waals surface area contributed by atoms with Gasteiger partial charge in [-0.2, -0.15) is 0 Å². The summed E-state index contributed by atoms with van der Waals surface area (Å²) < 4.78 is 22.7. The van der Waals surface area contributed by atoms with Crippen LogP contribution in [0.4, 0.5) is 5.69 Å². The Balaban J connectivity index is 2.93. The highest BCUT2D eigenvalue weighted by Crippen LogP contribution is 2.27. The summed E-state index contributed by atoms with van der Waals surface area (Å²) in [6.07, 6.45) is 1.03. The van der Waals surface area contributed by atoms with Crippen LogP contribution in [0, 0.1) is 13.8 Å². The molecule has 0 aliphatic heterocycles. The number of carbonyl (C=O) groups excluding carboxylic acids is 1. The van der Waals surface area contributed by atoms with Gasteiger partial charge in [0.2, 0.25) is 5.91 Å². The molecule has 0 radical (unpaired) electrons. The van der Waals surface area contributed by atoms with E-state index in [2.05, 4.69) is 21.2 Å². The summed E-state index contributed by atoms with van der Waals surface area (Å²) in [5.74, 6) is -1.03. The highest BCUT2D eigenvalue weighted by atomic mass is 79.9. The molecule has 1 N–H and O–H groups in total. The van der Waals surface area contributed by atoms with Gasteiger partial charge in [-0.3, -0.25) is 4.79 Å². The van der Waals surface area contributed by atoms with Crippen LogP contribution < -0.4 is 5.32 Å². The summed E-state index contributed by atoms with van der Waals surface area (Å²) in [7, 11) is -3.30. The molecule has 1 aromatic rings. The summed E-state index contributed by atoms with van der Waals surface area (Å²) in [4.78, 5) is 11.5. The molecule has 0 unspecified atom stereocenters. The zero-order valence-corrected chi connectivity index (χ0v) is 12.3. The molecular weight excluding hydrogens is 306 g/mol. The van der Waals surface area contributed by atoms with Crippen LogP contribution in [0.25, 0.3) is 0 Å². The molecule has 1 amide bonds. The number of halogens is 1. The average molecular weight is 320 g/mol. The number of carbonyl (C=O) groups is 1. The van der Waals surface area contributed by atoms with Gasteiger partial charge in [-0.05, 0) is 47.0 Å². The molecule has 4 nitrogen and oxygen atoms in total. The van der Waals surface area contributed by atoms with Crippen LogP contribution in [0.15, 0.2) is 16.6 Å². The maximum Gasteiger partial charge on any atom is 0.239 e. The maximum atomic E-state index is 11.5. The first-order valence-electron chi connectivity index (χ1n) is 4.93. The fraction of sp³-hybridized carbons (Fsp3) is 0.364. The Labute approximate surface area is 109 Å². The van der Waals surface area contributed by atoms with Crippen molar-refractivity contribution in [1.82, 2.24) is 0 Å². The Hall–Kier alpha value is -0.880. The van der Waals surface area contributed by atoms with Crippen molar-refractivity contribution in [3.63, 3.8) is 0 Å². The highest BCUT2D eigenvalue weighted by Gasteiger charge is 2.13. The number of anilines is 1. The molecular formula is C11H14BrNO3S. The standard InChI is InChI=1S/C11H14BrNO3S/c1-7-4-8(2)11(9(12)5-7)13-10(14)6-17(3,15)16/h4-5H,6H2,1-3H3,(H,13,14). The van der Waals surface area contributed by atoms with E-state index in [1.807, 2.05) is 26.0 Å². The molecule has 0 bridgehead atoms. The number of hydrogen-bond acceptors (Lipinski definition) is 3. The largest absolute Gasteiger partial charge is 0.324 e. The minimum Gasteiger partial charge on any atom is -0.324 e. The lowest BCUT2D eigenvalue weighted by Gasteiger charge is -2.11. The van der Waals surface area contributed by atoms with Crippen LogP contribution in [-0.4, -0.2) is 26.3 Å². The minimum absolute atomic E-state index is 0.507. The second kappa shape index (κ2) is 5.18. The predicted octanol–water partition coefficient (Wildman–Crippen LogP) is 2.05. The van der Waals surface area contributed by atoms with Gasteiger partial charge in [0, 0.05) is 10.7 Å². The van der Waals surface area contributed by atoms with E-state index in [9.17, 15) is 13.2 Å². The smallest absolute Gasteiger partial charge is 0.239 e. The Bertz CT molecular complexity index is 529. The molecule has 6 heteroatoms. The quantitative estimate of drug-likeness (QED) is 0.927. The van der Waals surface area contributed by atoms with Crippen LogP contribution in [-0.2, 0) is 14.6 Å². The zero-order valence-electron chi connectivity index (χ0n) is 9.87. The lowest BCUT2D eigenvalue weighted by atomic mass is 10.1. The van der Waals surface area contributed by atoms with Gasteiger partial charge in [-0.1, -0.05) is 6.07 Å². The minimum atomic E-state index is -3.30. The predicted molar refractivity (Wildman–Crippen MR) is 72.0 cm³/mol. The topological polar surface area (TPSA) is 63.2 Å². The molecule has 0 aliphatic carbocycles. The van der Waals surface area contributed by atoms with Gasteiger partial charge in [0.25, 0.3) is 0 Å². The SMILES string of the molecule is Cc1cc(C)c(NC(=O)CS(C)(=O)=O)c(Br)c1. The van der Waals surface area contributed by atoms with Gasteiger partial charge in [0.1, 0.15) is 5.75 Å². The van der Waals surface area contributed by atoms with Crippen molar-refractivity contribution in [2.45, 2.75) is 13.8 Å². The number of benzene rings is 1. The fourth-order valence-corrected chi connectivity index (χ4v) is 2.81. The number of amides is 1. The molecule has 0 saturated heterocycles. The van der Waals surface area contributed by atoms with Crippen molar-refractivity contribution in [2.75, 3.05) is 17.3 Å². The summed E-state index contributed by atoms with van der Waals surface area (Å²) in [6.45, 7) is 3.80. The molecule has 0 heterocycles. The lowest BCUT2D eigenvalue weighted by molar-refractivity contribution is -0.113. The first-order valence-corrected chi connectivity index (χ1v) is 7.79. The molecule has 1 rings (SSSR count). The van der Waals surface area contributed by atoms with Crippen LogP contribution in [0.3, 0.4) is 0 Å². The number of nitrogens with one attached hydrogen (secondary N) is 1. The molecule has 94 valence electrons. The highest BCUT2D eigenvalue weighted by molar-refractivity contribution is 9.10. The van der Waals surface area contributed by atoms with E-state index in [4.69, 9.17) is 0 Å². The third-order valence-electron chi connectivity index (χ3n) is 2.09. The van der Waals surface area contributed by atoms with Gasteiger partial charge < -0.3 is 5.32 Å². The maximum absolute atomic E-state index is 11.5. The summed E-state index contributed by atoms with van der Waals surface area (Å²) in [5, 5.41) is 2.60. The van der Waals surface area contributed by atoms with Gasteiger partial charge >= 0.3 is 0 Å². The molecule has 0 aromatic heterocycles. The molecule has 0 saturated carbocycles. The molecule has 1 aromatic carbocycles. The first-order chi connectivity index (χ1) is 7.69. The van der Waals surface area contributed by atoms with Gasteiger partial charge in [0.05, 0.1) is 5.69 Å². The third kappa shape index (κ3) is 4.47. The number of hydrogen-bond donors (Lipinski definition) is 1. The molecule has 0 fully saturated rings. The van der Waals surface area contributed by atoms with Crippen molar-refractivity contribution in [1.29, 1.82) is 0 Å². The van der Waals surface area contributed by atoms with Crippen molar-refractivity contribution < 1.29 is 13.2 Å². The second-order valence-electron chi connectivity index (χ2n) is 4.06. The van der Waals surface area contributed by atoms with Crippen LogP contribution in [0.1, 0.15) is 11.1 Å². The van der Waals surface area contributed by atoms with Gasteiger partial charge in [-0.25, -0.2) is 8.42 Å². The normalized spacial score (nSPS) is 11.3. The van der Waals surface area contributed by atoms with E-state index in [0.717, 1.165) is 21.9 Å². The van der Waals surface area contributed by atoms with Gasteiger partial charge in [0.15, 0.2) is 9.84 Å². The van der Waals surface area contributed by atoms with E-state index in [-0.39, 0.29) is 0 Å². The zero-order chi connectivity index (χ0) is 13.2. The third-order valence-corrected chi connectivity index (χ3v) is 3.50. The monoisotopic (exact) mass is 319 g/mol. The molecule has 17 heavy (non-hydrogen) atoms. The van der Waals surface area contributed by atoms with Crippen molar-refractivity contribution in [2.24, 2.45) is 0 Å². The fourth-order valence-electron chi connectivity index (χ4n) is 1.49. The van der Waals surface area contributed by atoms with Crippen molar-refractivity contribution in [3.05, 3.63) is 27.7 Å². The van der Waals surface area contributed by atoms with Crippen molar-refractivity contribution >= 4 is 37.4 Å². The Morgan fingerprint density at radius 3 is 2.41 bits per heavy atom. The van der Waals surface area contributed by atoms with Crippen LogP contribution in [0.2, 0.25) is 0 Å². The Morgan fingerprint density at radius 1 is 1.35 bits per heavy atom. The average Bonchev–Trinajstić information content (AvgIpc) is 2.08. The van der Waals surface area contributed by atoms with Gasteiger partial charge in [-0.15, -0.1) is 0 Å². The molecule has 0 atom stereocenters. The summed E-state index contributed by atoms with van der Waals surface area (Å²) >= 11 is 3.34. The van der Waals surface area contributed by atoms with E-state index in [1.165, 1.54) is 0 Å². The summed E-state index contributed by atoms with van der Waals surface area (Å²) in [5.41, 5.74) is 2.57. The van der Waals surface area contributed by atoms with E-state index in [0.29, 0.717) is 5.69 Å². The first kappa shape index (κ1) is 14.2. The molecule has 0 aliphatic rings. The number of rotatable bonds is 3. The van der Waals surface area contributed by atoms with E-state index in [1.54, 1.807) is 0 Å². The Kier molecular flexibility index (Phi) is 4.32. The van der Waals surface area contributed by atoms with E-state index >= 15 is 0 Å². The molecule has 0 spiro atoms. The number of aryl methyl sites for hydroxylation is 2. The van der Waals surface area contributed by atoms with Crippen LogP contribution >= 0.6 is 15.9 Å². The summed E-state index contributed by atoms with van der Waals surface area (Å²) in [6, 6.07) is 3.78. The lowest BCUT2D eigenvalue weighted by Crippen LogP contribution is -2.22. The van der Waals surface area contributed by atoms with Crippen LogP contribution in [0.5, 0.6) is 0 Å².